The first-order valence-electron chi connectivity index (χ1n) is 8.09. The van der Waals surface area contributed by atoms with Crippen LogP contribution in [0.2, 0.25) is 0 Å². The lowest BCUT2D eigenvalue weighted by atomic mass is 9.94. The molecule has 1 N–H and O–H groups in total. The summed E-state index contributed by atoms with van der Waals surface area (Å²) in [5.41, 5.74) is 1.03. The molecule has 0 unspecified atom stereocenters. The van der Waals surface area contributed by atoms with E-state index in [1.807, 2.05) is 19.2 Å². The van der Waals surface area contributed by atoms with E-state index in [0.29, 0.717) is 0 Å². The molecule has 1 aliphatic carbocycles. The summed E-state index contributed by atoms with van der Waals surface area (Å²) in [4.78, 5) is 11.4. The molecule has 2 aliphatic rings. The van der Waals surface area contributed by atoms with E-state index in [-0.39, 0.29) is 0 Å². The van der Waals surface area contributed by atoms with Crippen LogP contribution in [0.5, 0.6) is 0 Å². The van der Waals surface area contributed by atoms with Crippen LogP contribution in [-0.2, 0) is 0 Å². The lowest BCUT2D eigenvalue weighted by molar-refractivity contribution is 0.186. The van der Waals surface area contributed by atoms with E-state index in [4.69, 9.17) is 0 Å². The number of likely N-dealkylation sites (tertiary alicyclic amines) is 1. The lowest BCUT2D eigenvalue weighted by Gasteiger charge is -2.31. The van der Waals surface area contributed by atoms with Crippen molar-refractivity contribution in [2.75, 3.05) is 25.0 Å². The van der Waals surface area contributed by atoms with Gasteiger partial charge in [-0.3, -0.25) is 0 Å². The van der Waals surface area contributed by atoms with Gasteiger partial charge >= 0.3 is 0 Å². The Balaban J connectivity index is 1.45. The Kier molecular flexibility index (Phi) is 4.51. The Hall–Kier alpha value is -1.16. The van der Waals surface area contributed by atoms with Gasteiger partial charge in [0.15, 0.2) is 0 Å². The summed E-state index contributed by atoms with van der Waals surface area (Å²) in [6.45, 7) is 5.55. The van der Waals surface area contributed by atoms with Gasteiger partial charge < -0.3 is 10.2 Å². The molecule has 0 radical (unpaired) electrons. The number of aryl methyl sites for hydroxylation is 1. The molecule has 20 heavy (non-hydrogen) atoms. The van der Waals surface area contributed by atoms with Gasteiger partial charge in [0.1, 0.15) is 0 Å². The number of nitrogens with zero attached hydrogens (tertiary/aromatic N) is 3. The fourth-order valence-electron chi connectivity index (χ4n) is 3.58. The Bertz CT molecular complexity index is 428. The molecule has 1 aliphatic heterocycles. The van der Waals surface area contributed by atoms with Crippen LogP contribution in [0.25, 0.3) is 0 Å². The molecule has 0 spiro atoms. The third kappa shape index (κ3) is 3.48. The zero-order valence-corrected chi connectivity index (χ0v) is 12.5. The maximum atomic E-state index is 4.41. The van der Waals surface area contributed by atoms with E-state index in [1.165, 1.54) is 51.6 Å². The Labute approximate surface area is 122 Å². The monoisotopic (exact) mass is 274 g/mol. The topological polar surface area (TPSA) is 41.1 Å². The molecule has 4 heteroatoms. The van der Waals surface area contributed by atoms with Crippen molar-refractivity contribution in [3.63, 3.8) is 0 Å². The number of anilines is 1. The van der Waals surface area contributed by atoms with E-state index < -0.39 is 0 Å². The van der Waals surface area contributed by atoms with Gasteiger partial charge in [-0.1, -0.05) is 19.3 Å². The van der Waals surface area contributed by atoms with Crippen molar-refractivity contribution in [2.24, 2.45) is 5.92 Å². The van der Waals surface area contributed by atoms with Crippen LogP contribution in [0.3, 0.4) is 0 Å². The van der Waals surface area contributed by atoms with Gasteiger partial charge in [0.25, 0.3) is 0 Å². The third-order valence-electron chi connectivity index (χ3n) is 4.75. The smallest absolute Gasteiger partial charge is 0.222 e. The number of nitrogens with one attached hydrogen (secondary N) is 1. The third-order valence-corrected chi connectivity index (χ3v) is 4.75. The summed E-state index contributed by atoms with van der Waals surface area (Å²) in [5.74, 6) is 1.53. The number of aromatic nitrogens is 2. The fourth-order valence-corrected chi connectivity index (χ4v) is 3.58. The highest BCUT2D eigenvalue weighted by atomic mass is 15.2. The van der Waals surface area contributed by atoms with Gasteiger partial charge in [0, 0.05) is 31.0 Å². The van der Waals surface area contributed by atoms with Crippen LogP contribution in [0.15, 0.2) is 12.3 Å². The summed E-state index contributed by atoms with van der Waals surface area (Å²) >= 11 is 0. The molecule has 4 nitrogen and oxygen atoms in total. The predicted octanol–water partition coefficient (Wildman–Crippen LogP) is 2.85. The zero-order chi connectivity index (χ0) is 13.8. The second-order valence-electron chi connectivity index (χ2n) is 6.34. The molecule has 2 heterocycles. The normalized spacial score (nSPS) is 24.9. The van der Waals surface area contributed by atoms with Crippen LogP contribution < -0.4 is 5.32 Å². The summed E-state index contributed by atoms with van der Waals surface area (Å²) in [6.07, 6.45) is 10.3. The average Bonchev–Trinajstić information content (AvgIpc) is 2.95. The summed E-state index contributed by atoms with van der Waals surface area (Å²) < 4.78 is 0. The Morgan fingerprint density at radius 3 is 2.90 bits per heavy atom. The molecule has 2 fully saturated rings. The highest BCUT2D eigenvalue weighted by molar-refractivity contribution is 5.24. The standard InChI is InChI=1S/C16H26N4/c1-13-7-9-17-16(19-13)18-11-14-8-10-20(12-14)15-5-3-2-4-6-15/h7,9,14-15H,2-6,8,10-12H2,1H3,(H,17,18,19)/t14-/m0/s1. The predicted molar refractivity (Wildman–Crippen MR) is 81.8 cm³/mol. The second-order valence-corrected chi connectivity index (χ2v) is 6.34. The number of hydrogen-bond acceptors (Lipinski definition) is 4. The lowest BCUT2D eigenvalue weighted by Crippen LogP contribution is -2.35. The molecular weight excluding hydrogens is 248 g/mol. The second kappa shape index (κ2) is 6.53. The molecule has 110 valence electrons. The van der Waals surface area contributed by atoms with Crippen molar-refractivity contribution >= 4 is 5.95 Å². The minimum absolute atomic E-state index is 0.751. The largest absolute Gasteiger partial charge is 0.354 e. The maximum absolute atomic E-state index is 4.41. The van der Waals surface area contributed by atoms with Crippen LogP contribution in [0, 0.1) is 12.8 Å². The van der Waals surface area contributed by atoms with Gasteiger partial charge in [-0.25, -0.2) is 9.97 Å². The molecule has 0 aromatic carbocycles. The summed E-state index contributed by atoms with van der Waals surface area (Å²) in [5, 5.41) is 3.40. The van der Waals surface area contributed by atoms with Gasteiger partial charge in [0.2, 0.25) is 5.95 Å². The van der Waals surface area contributed by atoms with Gasteiger partial charge in [0.05, 0.1) is 0 Å². The van der Waals surface area contributed by atoms with Gasteiger partial charge in [-0.15, -0.1) is 0 Å². The first kappa shape index (κ1) is 13.8. The van der Waals surface area contributed by atoms with Crippen molar-refractivity contribution in [3.8, 4) is 0 Å². The fraction of sp³-hybridized carbons (Fsp3) is 0.750. The molecule has 1 saturated carbocycles. The van der Waals surface area contributed by atoms with Crippen molar-refractivity contribution in [1.29, 1.82) is 0 Å². The summed E-state index contributed by atoms with van der Waals surface area (Å²) in [6, 6.07) is 2.80. The molecule has 1 saturated heterocycles. The van der Waals surface area contributed by atoms with Crippen molar-refractivity contribution < 1.29 is 0 Å². The molecule has 1 atom stereocenters. The Morgan fingerprint density at radius 1 is 1.25 bits per heavy atom. The van der Waals surface area contributed by atoms with Crippen LogP contribution >= 0.6 is 0 Å². The molecule has 1 aromatic heterocycles. The van der Waals surface area contributed by atoms with E-state index in [2.05, 4.69) is 20.2 Å². The zero-order valence-electron chi connectivity index (χ0n) is 12.5. The molecule has 3 rings (SSSR count). The first-order chi connectivity index (χ1) is 9.81. The highest BCUT2D eigenvalue weighted by Gasteiger charge is 2.28. The maximum Gasteiger partial charge on any atom is 0.222 e. The van der Waals surface area contributed by atoms with E-state index in [1.54, 1.807) is 0 Å². The van der Waals surface area contributed by atoms with Crippen molar-refractivity contribution in [1.82, 2.24) is 14.9 Å². The molecule has 0 amide bonds. The number of rotatable bonds is 4. The van der Waals surface area contributed by atoms with Gasteiger partial charge in [-0.05, 0) is 44.7 Å². The Morgan fingerprint density at radius 2 is 2.10 bits per heavy atom. The first-order valence-corrected chi connectivity index (χ1v) is 8.09. The van der Waals surface area contributed by atoms with Crippen molar-refractivity contribution in [3.05, 3.63) is 18.0 Å². The van der Waals surface area contributed by atoms with Crippen LogP contribution in [0.1, 0.15) is 44.2 Å². The van der Waals surface area contributed by atoms with Gasteiger partial charge in [-0.2, -0.15) is 0 Å². The number of hydrogen-bond donors (Lipinski definition) is 1. The SMILES string of the molecule is Cc1ccnc(NC[C@@H]2CCN(C3CCCCC3)C2)n1. The van der Waals surface area contributed by atoms with Crippen LogP contribution in [0.4, 0.5) is 5.95 Å². The minimum Gasteiger partial charge on any atom is -0.354 e. The van der Waals surface area contributed by atoms with Crippen LogP contribution in [-0.4, -0.2) is 40.5 Å². The minimum atomic E-state index is 0.751. The average molecular weight is 274 g/mol. The van der Waals surface area contributed by atoms with E-state index >= 15 is 0 Å². The van der Waals surface area contributed by atoms with Crippen molar-refractivity contribution in [2.45, 2.75) is 51.5 Å². The highest BCUT2D eigenvalue weighted by Crippen LogP contribution is 2.27. The molecular formula is C16H26N4. The quantitative estimate of drug-likeness (QED) is 0.916. The molecule has 0 bridgehead atoms. The molecule has 1 aromatic rings. The summed E-state index contributed by atoms with van der Waals surface area (Å²) in [7, 11) is 0. The van der Waals surface area contributed by atoms with E-state index in [9.17, 15) is 0 Å². The van der Waals surface area contributed by atoms with E-state index in [0.717, 1.165) is 30.1 Å².